The molecule has 1 atom stereocenters. The molecule has 0 radical (unpaired) electrons. The van der Waals surface area contributed by atoms with Crippen LogP contribution in [0.5, 0.6) is 0 Å². The van der Waals surface area contributed by atoms with Gasteiger partial charge in [-0.1, -0.05) is 20.8 Å². The molecule has 96 valence electrons. The number of hydrogen-bond donors (Lipinski definition) is 1. The van der Waals surface area contributed by atoms with Crippen molar-refractivity contribution in [1.29, 1.82) is 0 Å². The summed E-state index contributed by atoms with van der Waals surface area (Å²) < 4.78 is 4.81. The van der Waals surface area contributed by atoms with Crippen molar-refractivity contribution in [3.63, 3.8) is 0 Å². The predicted molar refractivity (Wildman–Crippen MR) is 61.8 cm³/mol. The second-order valence-corrected chi connectivity index (χ2v) is 4.94. The van der Waals surface area contributed by atoms with Gasteiger partial charge in [0.25, 0.3) is 0 Å². The Labute approximate surface area is 101 Å². The highest BCUT2D eigenvalue weighted by atomic mass is 16.7. The van der Waals surface area contributed by atoms with Crippen molar-refractivity contribution in [3.05, 3.63) is 11.8 Å². The molecule has 17 heavy (non-hydrogen) atoms. The zero-order valence-electron chi connectivity index (χ0n) is 10.7. The first kappa shape index (κ1) is 13.7. The summed E-state index contributed by atoms with van der Waals surface area (Å²) in [5, 5.41) is 0. The van der Waals surface area contributed by atoms with E-state index in [9.17, 15) is 9.59 Å². The molecule has 0 fully saturated rings. The second-order valence-electron chi connectivity index (χ2n) is 4.94. The van der Waals surface area contributed by atoms with Gasteiger partial charge in [0.15, 0.2) is 0 Å². The highest BCUT2D eigenvalue weighted by molar-refractivity contribution is 5.89. The quantitative estimate of drug-likeness (QED) is 0.752. The molecule has 0 aromatic heterocycles. The van der Waals surface area contributed by atoms with E-state index < -0.39 is 17.5 Å². The van der Waals surface area contributed by atoms with Gasteiger partial charge in [0.2, 0.25) is 0 Å². The average molecular weight is 241 g/mol. The molecule has 5 nitrogen and oxygen atoms in total. The summed E-state index contributed by atoms with van der Waals surface area (Å²) in [6.07, 6.45) is 1.43. The summed E-state index contributed by atoms with van der Waals surface area (Å²) in [5.74, 6) is -0.371. The van der Waals surface area contributed by atoms with Crippen molar-refractivity contribution in [3.8, 4) is 0 Å². The fourth-order valence-electron chi connectivity index (χ4n) is 1.30. The van der Waals surface area contributed by atoms with E-state index >= 15 is 0 Å². The average Bonchev–Trinajstić information content (AvgIpc) is 2.65. The van der Waals surface area contributed by atoms with Gasteiger partial charge in [0.05, 0.1) is 6.61 Å². The number of Topliss-reactive ketones (excluding diaryl/α,β-unsaturated/α-hetero) is 1. The largest absolute Gasteiger partial charge is 0.461 e. The number of hydroxylamine groups is 1. The lowest BCUT2D eigenvalue weighted by molar-refractivity contribution is -0.140. The third kappa shape index (κ3) is 3.85. The summed E-state index contributed by atoms with van der Waals surface area (Å²) in [6.45, 7) is 7.60. The van der Waals surface area contributed by atoms with E-state index in [1.165, 1.54) is 0 Å². The van der Waals surface area contributed by atoms with Crippen LogP contribution in [-0.4, -0.2) is 24.5 Å². The first-order chi connectivity index (χ1) is 7.84. The number of ether oxygens (including phenoxy) is 1. The molecule has 0 aliphatic carbocycles. The van der Waals surface area contributed by atoms with Crippen LogP contribution in [0.15, 0.2) is 11.8 Å². The van der Waals surface area contributed by atoms with E-state index in [1.54, 1.807) is 13.0 Å². The van der Waals surface area contributed by atoms with Crippen LogP contribution in [0.2, 0.25) is 0 Å². The smallest absolute Gasteiger partial charge is 0.356 e. The maximum absolute atomic E-state index is 11.8. The molecule has 1 unspecified atom stereocenters. The van der Waals surface area contributed by atoms with Crippen molar-refractivity contribution in [1.82, 2.24) is 5.48 Å². The fourth-order valence-corrected chi connectivity index (χ4v) is 1.30. The van der Waals surface area contributed by atoms with Crippen molar-refractivity contribution < 1.29 is 19.2 Å². The Bertz CT molecular complexity index is 341. The van der Waals surface area contributed by atoms with Crippen molar-refractivity contribution in [2.24, 2.45) is 5.41 Å². The van der Waals surface area contributed by atoms with Crippen LogP contribution in [-0.2, 0) is 19.2 Å². The normalized spacial score (nSPS) is 19.5. The molecule has 0 spiro atoms. The molecule has 0 bridgehead atoms. The van der Waals surface area contributed by atoms with E-state index in [0.29, 0.717) is 6.61 Å². The summed E-state index contributed by atoms with van der Waals surface area (Å²) in [5.41, 5.74) is 2.35. The Kier molecular flexibility index (Phi) is 4.28. The number of carbonyl (C=O) groups is 2. The first-order valence-corrected chi connectivity index (χ1v) is 5.68. The van der Waals surface area contributed by atoms with Gasteiger partial charge in [-0.2, -0.15) is 0 Å². The minimum absolute atomic E-state index is 0.0886. The van der Waals surface area contributed by atoms with Gasteiger partial charge in [-0.3, -0.25) is 15.1 Å². The molecule has 1 rings (SSSR count). The molecule has 1 aliphatic heterocycles. The lowest BCUT2D eigenvalue weighted by atomic mass is 9.87. The Morgan fingerprint density at radius 1 is 1.47 bits per heavy atom. The van der Waals surface area contributed by atoms with Gasteiger partial charge >= 0.3 is 5.97 Å². The molecule has 0 aromatic carbocycles. The monoisotopic (exact) mass is 241 g/mol. The maximum atomic E-state index is 11.8. The zero-order chi connectivity index (χ0) is 13.1. The highest BCUT2D eigenvalue weighted by Gasteiger charge is 2.28. The van der Waals surface area contributed by atoms with Gasteiger partial charge in [0, 0.05) is 11.8 Å². The van der Waals surface area contributed by atoms with Crippen LogP contribution in [0.1, 0.15) is 34.1 Å². The van der Waals surface area contributed by atoms with Gasteiger partial charge < -0.3 is 4.74 Å². The molecule has 0 amide bonds. The third-order valence-corrected chi connectivity index (χ3v) is 2.39. The number of hydrogen-bond acceptors (Lipinski definition) is 5. The Morgan fingerprint density at radius 3 is 2.65 bits per heavy atom. The number of nitrogens with one attached hydrogen (secondary N) is 1. The number of esters is 1. The van der Waals surface area contributed by atoms with E-state index in [2.05, 4.69) is 5.48 Å². The molecule has 0 aromatic rings. The summed E-state index contributed by atoms with van der Waals surface area (Å²) in [7, 11) is 0. The van der Waals surface area contributed by atoms with Crippen molar-refractivity contribution >= 4 is 11.8 Å². The summed E-state index contributed by atoms with van der Waals surface area (Å²) in [6, 6.07) is 0. The van der Waals surface area contributed by atoms with Crippen molar-refractivity contribution in [2.45, 2.75) is 40.2 Å². The van der Waals surface area contributed by atoms with Crippen LogP contribution in [0.4, 0.5) is 0 Å². The molecular formula is C12H19NO4. The Hall–Kier alpha value is -1.36. The van der Waals surface area contributed by atoms with E-state index in [1.807, 2.05) is 20.8 Å². The molecule has 1 N–H and O–H groups in total. The third-order valence-electron chi connectivity index (χ3n) is 2.39. The van der Waals surface area contributed by atoms with Gasteiger partial charge in [-0.25, -0.2) is 4.79 Å². The maximum Gasteiger partial charge on any atom is 0.356 e. The van der Waals surface area contributed by atoms with Crippen LogP contribution < -0.4 is 5.48 Å². The minimum atomic E-state index is -0.460. The minimum Gasteiger partial charge on any atom is -0.461 e. The summed E-state index contributed by atoms with van der Waals surface area (Å²) in [4.78, 5) is 28.3. The number of rotatable bonds is 4. The molecule has 0 saturated carbocycles. The standard InChI is InChI=1S/C12H19NO4/c1-5-16-11(15)9-6-8(17-13-9)7-10(14)12(2,3)4/h6,8,13H,5,7H2,1-4H3. The Morgan fingerprint density at radius 2 is 2.12 bits per heavy atom. The SMILES string of the molecule is CCOC(=O)C1=CC(CC(=O)C(C)(C)C)ON1. The highest BCUT2D eigenvalue weighted by Crippen LogP contribution is 2.21. The zero-order valence-corrected chi connectivity index (χ0v) is 10.7. The van der Waals surface area contributed by atoms with Crippen molar-refractivity contribution in [2.75, 3.05) is 6.61 Å². The van der Waals surface area contributed by atoms with Crippen LogP contribution >= 0.6 is 0 Å². The van der Waals surface area contributed by atoms with Gasteiger partial charge in [-0.15, -0.1) is 0 Å². The van der Waals surface area contributed by atoms with E-state index in [4.69, 9.17) is 9.57 Å². The predicted octanol–water partition coefficient (Wildman–Crippen LogP) is 1.34. The van der Waals surface area contributed by atoms with Gasteiger partial charge in [0.1, 0.15) is 17.6 Å². The Balaban J connectivity index is 2.55. The van der Waals surface area contributed by atoms with Crippen LogP contribution in [0, 0.1) is 5.41 Å². The molecular weight excluding hydrogens is 222 g/mol. The number of ketones is 1. The lowest BCUT2D eigenvalue weighted by Crippen LogP contribution is -2.25. The lowest BCUT2D eigenvalue weighted by Gasteiger charge is -2.17. The molecule has 0 saturated heterocycles. The molecule has 1 heterocycles. The summed E-state index contributed by atoms with van der Waals surface area (Å²) >= 11 is 0. The molecule has 5 heteroatoms. The molecule has 1 aliphatic rings. The van der Waals surface area contributed by atoms with Crippen LogP contribution in [0.25, 0.3) is 0 Å². The fraction of sp³-hybridized carbons (Fsp3) is 0.667. The van der Waals surface area contributed by atoms with Crippen LogP contribution in [0.3, 0.4) is 0 Å². The van der Waals surface area contributed by atoms with E-state index in [-0.39, 0.29) is 17.9 Å². The van der Waals surface area contributed by atoms with E-state index in [0.717, 1.165) is 0 Å². The number of carbonyl (C=O) groups excluding carboxylic acids is 2. The van der Waals surface area contributed by atoms with Gasteiger partial charge in [-0.05, 0) is 13.0 Å². The second kappa shape index (κ2) is 5.31. The topological polar surface area (TPSA) is 64.6 Å². The first-order valence-electron chi connectivity index (χ1n) is 5.68.